The Kier molecular flexibility index (Phi) is 6.24. The Balaban J connectivity index is 2.33. The molecule has 0 atom stereocenters. The maximum Gasteiger partial charge on any atom is 0.179 e. The smallest absolute Gasteiger partial charge is 0.179 e. The number of aliphatic imine (C=N–C) groups is 2. The molecule has 0 fully saturated rings. The molecule has 5 nitrogen and oxygen atoms in total. The van der Waals surface area contributed by atoms with Crippen molar-refractivity contribution < 1.29 is 9.53 Å². The van der Waals surface area contributed by atoms with E-state index in [4.69, 9.17) is 4.74 Å². The van der Waals surface area contributed by atoms with Crippen LogP contribution in [0.1, 0.15) is 6.42 Å². The molecular weight excluding hydrogens is 278 g/mol. The van der Waals surface area contributed by atoms with Gasteiger partial charge >= 0.3 is 0 Å². The number of nitrogens with zero attached hydrogens (tertiary/aromatic N) is 3. The van der Waals surface area contributed by atoms with Crippen LogP contribution in [0.25, 0.3) is 6.20 Å². The van der Waals surface area contributed by atoms with Crippen molar-refractivity contribution in [3.05, 3.63) is 71.9 Å². The zero-order valence-corrected chi connectivity index (χ0v) is 11.9. The van der Waals surface area contributed by atoms with Crippen LogP contribution < -0.4 is 10.6 Å². The van der Waals surface area contributed by atoms with E-state index in [0.717, 1.165) is 10.6 Å². The van der Waals surface area contributed by atoms with Crippen molar-refractivity contribution in [3.8, 4) is 0 Å². The number of rotatable bonds is 0. The number of Topliss-reactive ketones (excluding diaryl/α,β-unsaturated/α-hetero) is 1. The van der Waals surface area contributed by atoms with Gasteiger partial charge in [-0.2, -0.15) is 0 Å². The van der Waals surface area contributed by atoms with Gasteiger partial charge in [0.2, 0.25) is 0 Å². The number of allylic oxidation sites excluding steroid dienone is 2. The van der Waals surface area contributed by atoms with E-state index >= 15 is 0 Å². The van der Waals surface area contributed by atoms with Crippen LogP contribution in [0.5, 0.6) is 0 Å². The number of benzene rings is 1. The lowest BCUT2D eigenvalue weighted by Crippen LogP contribution is -2.23. The van der Waals surface area contributed by atoms with Gasteiger partial charge in [-0.3, -0.25) is 19.8 Å². The predicted octanol–water partition coefficient (Wildman–Crippen LogP) is 1.67. The molecule has 2 rings (SSSR count). The summed E-state index contributed by atoms with van der Waals surface area (Å²) in [7, 11) is 0. The molecule has 110 valence electrons. The first-order valence-electron chi connectivity index (χ1n) is 6.69. The molecular formula is C17H15N3O2. The molecule has 5 heteroatoms. The van der Waals surface area contributed by atoms with Crippen molar-refractivity contribution >= 4 is 24.4 Å². The molecule has 0 saturated heterocycles. The van der Waals surface area contributed by atoms with Gasteiger partial charge in [-0.1, -0.05) is 18.2 Å². The number of para-hydroxylation sites is 1. The predicted molar refractivity (Wildman–Crippen MR) is 86.8 cm³/mol. The van der Waals surface area contributed by atoms with Crippen molar-refractivity contribution in [2.45, 2.75) is 6.42 Å². The van der Waals surface area contributed by atoms with Gasteiger partial charge < -0.3 is 4.74 Å². The van der Waals surface area contributed by atoms with Crippen LogP contribution >= 0.6 is 0 Å². The average Bonchev–Trinajstić information content (AvgIpc) is 2.54. The first kappa shape index (κ1) is 15.3. The number of carbonyl (C=O) groups is 1. The second kappa shape index (κ2) is 8.97. The Morgan fingerprint density at radius 2 is 1.91 bits per heavy atom. The fourth-order valence-corrected chi connectivity index (χ4v) is 1.55. The molecule has 22 heavy (non-hydrogen) atoms. The quantitative estimate of drug-likeness (QED) is 0.730. The zero-order chi connectivity index (χ0) is 15.5. The van der Waals surface area contributed by atoms with E-state index in [9.17, 15) is 4.79 Å². The van der Waals surface area contributed by atoms with Gasteiger partial charge in [0.05, 0.1) is 24.0 Å². The Labute approximate surface area is 128 Å². The van der Waals surface area contributed by atoms with Gasteiger partial charge in [0.1, 0.15) is 6.26 Å². The fourth-order valence-electron chi connectivity index (χ4n) is 1.55. The highest BCUT2D eigenvalue weighted by molar-refractivity contribution is 6.30. The monoisotopic (exact) mass is 293 g/mol. The average molecular weight is 293 g/mol. The third kappa shape index (κ3) is 5.50. The molecule has 0 amide bonds. The maximum absolute atomic E-state index is 11.5. The standard InChI is InChI=1S/C17H15N3O2/c21-16-7-9-18-13-15-5-1-2-6-17(15)20-8-3-4-11-22-12-10-19-14-16/h1-6,8-14H,7H2. The SMILES string of the molecule is O=C1C=NC=COC=CC=CN=c2ccccc2=CN=CC1. The summed E-state index contributed by atoms with van der Waals surface area (Å²) in [5.74, 6) is -0.138. The fraction of sp³-hybridized carbons (Fsp3) is 0.0588. The van der Waals surface area contributed by atoms with Crippen LogP contribution in [0.3, 0.4) is 0 Å². The van der Waals surface area contributed by atoms with Crippen LogP contribution in [0.2, 0.25) is 0 Å². The zero-order valence-electron chi connectivity index (χ0n) is 11.9. The lowest BCUT2D eigenvalue weighted by molar-refractivity contribution is -0.111. The number of ketones is 1. The second-order valence-corrected chi connectivity index (χ2v) is 4.19. The summed E-state index contributed by atoms with van der Waals surface area (Å²) in [5, 5.41) is 1.66. The minimum Gasteiger partial charge on any atom is -0.471 e. The molecule has 1 aromatic rings. The number of hydrogen-bond donors (Lipinski definition) is 0. The molecule has 1 heterocycles. The first-order chi connectivity index (χ1) is 10.9. The van der Waals surface area contributed by atoms with Crippen molar-refractivity contribution in [3.63, 3.8) is 0 Å². The largest absolute Gasteiger partial charge is 0.471 e. The number of ether oxygens (including phenoxy) is 1. The van der Waals surface area contributed by atoms with Crippen molar-refractivity contribution in [2.24, 2.45) is 15.0 Å². The van der Waals surface area contributed by atoms with Crippen LogP contribution in [0.15, 0.2) is 76.3 Å². The summed E-state index contributed by atoms with van der Waals surface area (Å²) in [4.78, 5) is 23.8. The second-order valence-electron chi connectivity index (χ2n) is 4.19. The van der Waals surface area contributed by atoms with E-state index in [1.165, 1.54) is 24.9 Å². The number of hydrogen-bond acceptors (Lipinski definition) is 5. The molecule has 0 N–H and O–H groups in total. The van der Waals surface area contributed by atoms with E-state index < -0.39 is 0 Å². The van der Waals surface area contributed by atoms with E-state index in [2.05, 4.69) is 15.0 Å². The molecule has 1 aromatic carbocycles. The van der Waals surface area contributed by atoms with Gasteiger partial charge in [0.25, 0.3) is 0 Å². The van der Waals surface area contributed by atoms with Gasteiger partial charge in [-0.25, -0.2) is 0 Å². The summed E-state index contributed by atoms with van der Waals surface area (Å²) >= 11 is 0. The molecule has 0 aliphatic carbocycles. The topological polar surface area (TPSA) is 63.4 Å². The van der Waals surface area contributed by atoms with Crippen molar-refractivity contribution in [1.29, 1.82) is 0 Å². The van der Waals surface area contributed by atoms with E-state index in [-0.39, 0.29) is 12.2 Å². The lowest BCUT2D eigenvalue weighted by atomic mass is 10.3. The van der Waals surface area contributed by atoms with Crippen LogP contribution in [0, 0.1) is 0 Å². The van der Waals surface area contributed by atoms with Crippen molar-refractivity contribution in [1.82, 2.24) is 0 Å². The molecule has 0 aromatic heterocycles. The van der Waals surface area contributed by atoms with Gasteiger partial charge in [0, 0.05) is 30.3 Å². The Bertz CT molecular complexity index is 771. The highest BCUT2D eigenvalue weighted by Crippen LogP contribution is 1.85. The van der Waals surface area contributed by atoms with Crippen LogP contribution in [0.4, 0.5) is 0 Å². The number of carbonyl (C=O) groups excluding carboxylic acids is 1. The Hall–Kier alpha value is -3.08. The molecule has 0 radical (unpaired) electrons. The molecule has 0 unspecified atom stereocenters. The molecule has 0 saturated carbocycles. The molecule has 1 aliphatic rings. The third-order valence-electron chi connectivity index (χ3n) is 2.56. The normalized spacial score (nSPS) is 15.4. The van der Waals surface area contributed by atoms with Gasteiger partial charge in [-0.15, -0.1) is 0 Å². The van der Waals surface area contributed by atoms with Crippen LogP contribution in [-0.2, 0) is 9.53 Å². The summed E-state index contributed by atoms with van der Waals surface area (Å²) < 4.78 is 5.05. The minimum absolute atomic E-state index is 0.138. The summed E-state index contributed by atoms with van der Waals surface area (Å²) in [6.45, 7) is 0. The number of fused-ring (bicyclic) bond motifs is 1. The Morgan fingerprint density at radius 3 is 2.86 bits per heavy atom. The summed E-state index contributed by atoms with van der Waals surface area (Å²) in [6, 6.07) is 7.61. The van der Waals surface area contributed by atoms with Gasteiger partial charge in [-0.05, 0) is 18.2 Å². The van der Waals surface area contributed by atoms with E-state index in [1.807, 2.05) is 24.3 Å². The molecule has 0 spiro atoms. The van der Waals surface area contributed by atoms with Crippen LogP contribution in [-0.4, -0.2) is 18.2 Å². The highest BCUT2D eigenvalue weighted by Gasteiger charge is 1.92. The molecule has 0 bridgehead atoms. The lowest BCUT2D eigenvalue weighted by Gasteiger charge is -1.87. The third-order valence-corrected chi connectivity index (χ3v) is 2.56. The molecule has 1 aliphatic heterocycles. The van der Waals surface area contributed by atoms with Crippen molar-refractivity contribution in [2.75, 3.05) is 0 Å². The summed E-state index contributed by atoms with van der Waals surface area (Å²) in [6.07, 6.45) is 14.0. The van der Waals surface area contributed by atoms with E-state index in [1.54, 1.807) is 30.8 Å². The minimum atomic E-state index is -0.138. The maximum atomic E-state index is 11.5. The van der Waals surface area contributed by atoms with E-state index in [0.29, 0.717) is 0 Å². The summed E-state index contributed by atoms with van der Waals surface area (Å²) in [5.41, 5.74) is 0. The first-order valence-corrected chi connectivity index (χ1v) is 6.69. The Morgan fingerprint density at radius 1 is 1.00 bits per heavy atom. The van der Waals surface area contributed by atoms with Gasteiger partial charge in [0.15, 0.2) is 5.78 Å². The highest BCUT2D eigenvalue weighted by atomic mass is 16.5.